The van der Waals surface area contributed by atoms with E-state index in [1.165, 1.54) is 231 Å². The lowest BCUT2D eigenvalue weighted by atomic mass is 10.0. The quantitative estimate of drug-likeness (QED) is 0.0261. The lowest BCUT2D eigenvalue weighted by Crippen LogP contribution is -2.30. The van der Waals surface area contributed by atoms with Gasteiger partial charge in [0.2, 0.25) is 0 Å². The van der Waals surface area contributed by atoms with Gasteiger partial charge < -0.3 is 14.2 Å². The summed E-state index contributed by atoms with van der Waals surface area (Å²) in [5, 5.41) is 0. The molecule has 0 fully saturated rings. The number of allylic oxidation sites excluding steroid dienone is 12. The Bertz CT molecular complexity index is 1490. The standard InChI is InChI=1S/C75H134O6/c1-4-7-10-13-16-19-22-25-28-31-34-36-37-39-41-44-47-50-53-56-59-62-65-68-74(77)80-71-72(70-79-73(76)67-64-61-58-55-52-49-46-43-40-33-30-27-24-21-18-15-12-9-6-3)81-75(78)69-66-63-60-57-54-51-48-45-42-38-35-32-29-26-23-20-17-14-11-8-5-2/h7,10,16,19,25,28,32,34-36,39,41,72H,4-6,8-9,11-15,17-18,20-24,26-27,29-31,33,37-38,40,42-71H2,1-3H3/b10-7-,19-16-,28-25-,35-32-,36-34-,41-39-. The minimum absolute atomic E-state index is 0.0757. The van der Waals surface area contributed by atoms with Gasteiger partial charge in [0.25, 0.3) is 0 Å². The van der Waals surface area contributed by atoms with Crippen molar-refractivity contribution in [2.45, 2.75) is 374 Å². The number of carbonyl (C=O) groups excluding carboxylic acids is 3. The normalized spacial score (nSPS) is 12.5. The monoisotopic (exact) mass is 1130 g/mol. The molecule has 0 aromatic rings. The molecule has 0 amide bonds. The number of carbonyl (C=O) groups is 3. The van der Waals surface area contributed by atoms with Crippen molar-refractivity contribution in [1.82, 2.24) is 0 Å². The minimum atomic E-state index is -0.782. The highest BCUT2D eigenvalue weighted by molar-refractivity contribution is 5.71. The van der Waals surface area contributed by atoms with Crippen molar-refractivity contribution in [3.05, 3.63) is 72.9 Å². The molecule has 81 heavy (non-hydrogen) atoms. The Morgan fingerprint density at radius 2 is 0.481 bits per heavy atom. The second kappa shape index (κ2) is 69.3. The predicted molar refractivity (Wildman–Crippen MR) is 353 cm³/mol. The van der Waals surface area contributed by atoms with Crippen LogP contribution in [0.15, 0.2) is 72.9 Å². The largest absolute Gasteiger partial charge is 0.462 e. The van der Waals surface area contributed by atoms with Gasteiger partial charge in [0.05, 0.1) is 0 Å². The number of ether oxygens (including phenoxy) is 3. The number of hydrogen-bond donors (Lipinski definition) is 0. The fourth-order valence-electron chi connectivity index (χ4n) is 10.4. The molecule has 0 rings (SSSR count). The van der Waals surface area contributed by atoms with Crippen molar-refractivity contribution < 1.29 is 28.6 Å². The summed E-state index contributed by atoms with van der Waals surface area (Å²) in [5.41, 5.74) is 0. The summed E-state index contributed by atoms with van der Waals surface area (Å²) in [6, 6.07) is 0. The van der Waals surface area contributed by atoms with Gasteiger partial charge in [-0.1, -0.05) is 331 Å². The van der Waals surface area contributed by atoms with E-state index in [1.54, 1.807) is 0 Å². The smallest absolute Gasteiger partial charge is 0.306 e. The van der Waals surface area contributed by atoms with Crippen molar-refractivity contribution in [3.63, 3.8) is 0 Å². The van der Waals surface area contributed by atoms with Crippen LogP contribution in [0.3, 0.4) is 0 Å². The molecule has 0 spiro atoms. The van der Waals surface area contributed by atoms with E-state index < -0.39 is 6.10 Å². The average molecular weight is 1130 g/mol. The number of rotatable bonds is 65. The third kappa shape index (κ3) is 67.5. The van der Waals surface area contributed by atoms with E-state index in [4.69, 9.17) is 14.2 Å². The van der Waals surface area contributed by atoms with Crippen molar-refractivity contribution in [3.8, 4) is 0 Å². The molecule has 0 aliphatic carbocycles. The Hall–Kier alpha value is -3.15. The van der Waals surface area contributed by atoms with Gasteiger partial charge in [0.15, 0.2) is 6.10 Å². The first-order valence-electron chi connectivity index (χ1n) is 35.4. The maximum absolute atomic E-state index is 13.0. The van der Waals surface area contributed by atoms with Gasteiger partial charge in [-0.3, -0.25) is 14.4 Å². The zero-order valence-electron chi connectivity index (χ0n) is 54.1. The van der Waals surface area contributed by atoms with E-state index in [2.05, 4.69) is 93.7 Å². The van der Waals surface area contributed by atoms with Gasteiger partial charge in [0.1, 0.15) is 13.2 Å². The molecule has 1 unspecified atom stereocenters. The Labute approximate surface area is 503 Å². The van der Waals surface area contributed by atoms with Crippen LogP contribution < -0.4 is 0 Å². The Kier molecular flexibility index (Phi) is 66.6. The Morgan fingerprint density at radius 3 is 0.765 bits per heavy atom. The molecule has 0 saturated heterocycles. The summed E-state index contributed by atoms with van der Waals surface area (Å²) >= 11 is 0. The van der Waals surface area contributed by atoms with Crippen LogP contribution in [-0.2, 0) is 28.6 Å². The summed E-state index contributed by atoms with van der Waals surface area (Å²) in [6.07, 6.45) is 90.6. The van der Waals surface area contributed by atoms with Gasteiger partial charge in [-0.05, 0) is 89.9 Å². The van der Waals surface area contributed by atoms with E-state index in [-0.39, 0.29) is 31.1 Å². The first-order chi connectivity index (χ1) is 40.0. The molecule has 470 valence electrons. The third-order valence-electron chi connectivity index (χ3n) is 15.7. The van der Waals surface area contributed by atoms with Crippen LogP contribution in [-0.4, -0.2) is 37.2 Å². The van der Waals surface area contributed by atoms with E-state index in [0.29, 0.717) is 19.3 Å². The fourth-order valence-corrected chi connectivity index (χ4v) is 10.4. The fraction of sp³-hybridized carbons (Fsp3) is 0.800. The molecular weight excluding hydrogens is 997 g/mol. The lowest BCUT2D eigenvalue weighted by molar-refractivity contribution is -0.167. The van der Waals surface area contributed by atoms with Crippen LogP contribution in [0.1, 0.15) is 367 Å². The first-order valence-corrected chi connectivity index (χ1v) is 35.4. The van der Waals surface area contributed by atoms with Crippen LogP contribution in [0.2, 0.25) is 0 Å². The molecule has 6 nitrogen and oxygen atoms in total. The molecule has 0 aromatic carbocycles. The van der Waals surface area contributed by atoms with Gasteiger partial charge >= 0.3 is 17.9 Å². The molecule has 0 N–H and O–H groups in total. The highest BCUT2D eigenvalue weighted by Gasteiger charge is 2.19. The molecule has 0 aliphatic rings. The zero-order chi connectivity index (χ0) is 58.5. The van der Waals surface area contributed by atoms with Crippen LogP contribution in [0.5, 0.6) is 0 Å². The van der Waals surface area contributed by atoms with E-state index >= 15 is 0 Å². The van der Waals surface area contributed by atoms with Crippen LogP contribution in [0.4, 0.5) is 0 Å². The Balaban J connectivity index is 4.37. The lowest BCUT2D eigenvalue weighted by Gasteiger charge is -2.18. The molecule has 1 atom stereocenters. The predicted octanol–water partition coefficient (Wildman–Crippen LogP) is 24.4. The molecule has 0 bridgehead atoms. The zero-order valence-corrected chi connectivity index (χ0v) is 54.1. The van der Waals surface area contributed by atoms with Crippen LogP contribution in [0.25, 0.3) is 0 Å². The van der Waals surface area contributed by atoms with Gasteiger partial charge in [-0.2, -0.15) is 0 Å². The SMILES string of the molecule is CC/C=C\C/C=C\C/C=C\C/C=C\C/C=C\CCCCCCCCCC(=O)OCC(COC(=O)CCCCCCCCCCCCCCCCCCCCC)OC(=O)CCCCCCCCCCC/C=C\CCCCCCCCCC. The first kappa shape index (κ1) is 77.9. The van der Waals surface area contributed by atoms with E-state index in [1.807, 2.05) is 0 Å². The Morgan fingerprint density at radius 1 is 0.259 bits per heavy atom. The summed E-state index contributed by atoms with van der Waals surface area (Å²) in [7, 11) is 0. The highest BCUT2D eigenvalue weighted by atomic mass is 16.6. The maximum Gasteiger partial charge on any atom is 0.306 e. The third-order valence-corrected chi connectivity index (χ3v) is 15.7. The topological polar surface area (TPSA) is 78.9 Å². The summed E-state index contributed by atoms with van der Waals surface area (Å²) in [4.78, 5) is 38.5. The molecular formula is C75H134O6. The minimum Gasteiger partial charge on any atom is -0.462 e. The average Bonchev–Trinajstić information content (AvgIpc) is 3.47. The summed E-state index contributed by atoms with van der Waals surface area (Å²) < 4.78 is 17.0. The van der Waals surface area contributed by atoms with E-state index in [0.717, 1.165) is 96.3 Å². The number of hydrogen-bond acceptors (Lipinski definition) is 6. The summed E-state index contributed by atoms with van der Waals surface area (Å²) in [6.45, 7) is 6.58. The van der Waals surface area contributed by atoms with Crippen molar-refractivity contribution in [2.24, 2.45) is 0 Å². The maximum atomic E-state index is 13.0. The molecule has 0 aliphatic heterocycles. The van der Waals surface area contributed by atoms with Gasteiger partial charge in [-0.25, -0.2) is 0 Å². The van der Waals surface area contributed by atoms with E-state index in [9.17, 15) is 14.4 Å². The number of esters is 3. The second-order valence-electron chi connectivity index (χ2n) is 23.8. The molecule has 0 saturated carbocycles. The number of unbranched alkanes of at least 4 members (excludes halogenated alkanes) is 42. The van der Waals surface area contributed by atoms with Crippen molar-refractivity contribution >= 4 is 17.9 Å². The second-order valence-corrected chi connectivity index (χ2v) is 23.8. The molecule has 0 aromatic heterocycles. The molecule has 0 heterocycles. The highest BCUT2D eigenvalue weighted by Crippen LogP contribution is 2.18. The van der Waals surface area contributed by atoms with Crippen molar-refractivity contribution in [1.29, 1.82) is 0 Å². The van der Waals surface area contributed by atoms with Crippen molar-refractivity contribution in [2.75, 3.05) is 13.2 Å². The van der Waals surface area contributed by atoms with Gasteiger partial charge in [0, 0.05) is 19.3 Å². The summed E-state index contributed by atoms with van der Waals surface area (Å²) in [5.74, 6) is -0.866. The van der Waals surface area contributed by atoms with Crippen LogP contribution in [0, 0.1) is 0 Å². The van der Waals surface area contributed by atoms with Gasteiger partial charge in [-0.15, -0.1) is 0 Å². The van der Waals surface area contributed by atoms with Crippen LogP contribution >= 0.6 is 0 Å². The molecule has 0 radical (unpaired) electrons. The molecule has 6 heteroatoms.